The standard InChI is InChI=1S/C24H28N4O.ClH/c1-15-9-11-28(12-10-15)24(29)21-14-25-23-20(8-6-18(4)26-23)22(21)27-19-7-5-16(2)17(3)13-19;/h5-8,13-15H,9-12H2,1-4H3,(H,25,26,27);1H. The molecule has 3 heterocycles. The number of nitrogens with one attached hydrogen (secondary N) is 1. The average Bonchev–Trinajstić information content (AvgIpc) is 2.71. The first kappa shape index (κ1) is 22.0. The highest BCUT2D eigenvalue weighted by Gasteiger charge is 2.25. The number of anilines is 2. The van der Waals surface area contributed by atoms with Gasteiger partial charge in [-0.1, -0.05) is 13.0 Å². The second-order valence-electron chi connectivity index (χ2n) is 8.27. The molecule has 1 aliphatic rings. The van der Waals surface area contributed by atoms with Crippen LogP contribution in [0.15, 0.2) is 36.5 Å². The van der Waals surface area contributed by atoms with Gasteiger partial charge in [0.15, 0.2) is 5.65 Å². The van der Waals surface area contributed by atoms with E-state index in [0.29, 0.717) is 17.1 Å². The van der Waals surface area contributed by atoms with E-state index >= 15 is 0 Å². The molecule has 0 aliphatic carbocycles. The van der Waals surface area contributed by atoms with Crippen LogP contribution in [0, 0.1) is 26.7 Å². The van der Waals surface area contributed by atoms with Crippen LogP contribution in [0.2, 0.25) is 0 Å². The van der Waals surface area contributed by atoms with Crippen LogP contribution >= 0.6 is 12.4 Å². The van der Waals surface area contributed by atoms with Crippen LogP contribution < -0.4 is 5.32 Å². The molecule has 0 atom stereocenters. The summed E-state index contributed by atoms with van der Waals surface area (Å²) < 4.78 is 0. The van der Waals surface area contributed by atoms with Crippen molar-refractivity contribution in [3.8, 4) is 0 Å². The van der Waals surface area contributed by atoms with Gasteiger partial charge >= 0.3 is 0 Å². The molecule has 4 rings (SSSR count). The van der Waals surface area contributed by atoms with Crippen molar-refractivity contribution in [2.24, 2.45) is 5.92 Å². The SMILES string of the molecule is Cc1ccc2c(Nc3ccc(C)c(C)c3)c(C(=O)N3CCC(C)CC3)cnc2n1.Cl. The molecule has 0 radical (unpaired) electrons. The van der Waals surface area contributed by atoms with E-state index in [1.165, 1.54) is 11.1 Å². The minimum absolute atomic E-state index is 0. The summed E-state index contributed by atoms with van der Waals surface area (Å²) in [6, 6.07) is 10.2. The van der Waals surface area contributed by atoms with Crippen LogP contribution in [-0.2, 0) is 0 Å². The van der Waals surface area contributed by atoms with E-state index in [9.17, 15) is 4.79 Å². The predicted molar refractivity (Wildman–Crippen MR) is 125 cm³/mol. The van der Waals surface area contributed by atoms with Crippen molar-refractivity contribution in [3.63, 3.8) is 0 Å². The quantitative estimate of drug-likeness (QED) is 0.595. The number of benzene rings is 1. The number of halogens is 1. The molecule has 30 heavy (non-hydrogen) atoms. The zero-order valence-corrected chi connectivity index (χ0v) is 18.8. The molecular formula is C24H29ClN4O. The molecule has 2 aromatic heterocycles. The molecule has 0 saturated carbocycles. The van der Waals surface area contributed by atoms with E-state index in [1.54, 1.807) is 6.20 Å². The molecule has 5 nitrogen and oxygen atoms in total. The van der Waals surface area contributed by atoms with Crippen LogP contribution in [0.5, 0.6) is 0 Å². The Morgan fingerprint density at radius 2 is 1.80 bits per heavy atom. The van der Waals surface area contributed by atoms with E-state index in [4.69, 9.17) is 0 Å². The highest BCUT2D eigenvalue weighted by Crippen LogP contribution is 2.31. The Labute approximate surface area is 184 Å². The largest absolute Gasteiger partial charge is 0.354 e. The number of nitrogens with zero attached hydrogens (tertiary/aromatic N) is 3. The molecule has 3 aromatic rings. The van der Waals surface area contributed by atoms with Crippen molar-refractivity contribution in [3.05, 3.63) is 58.9 Å². The maximum absolute atomic E-state index is 13.4. The maximum atomic E-state index is 13.4. The van der Waals surface area contributed by atoms with Crippen molar-refractivity contribution in [1.29, 1.82) is 0 Å². The van der Waals surface area contributed by atoms with Crippen LogP contribution in [0.4, 0.5) is 11.4 Å². The van der Waals surface area contributed by atoms with Crippen LogP contribution in [-0.4, -0.2) is 33.9 Å². The van der Waals surface area contributed by atoms with Crippen LogP contribution in [0.25, 0.3) is 11.0 Å². The lowest BCUT2D eigenvalue weighted by atomic mass is 9.98. The Bertz CT molecular complexity index is 1070. The van der Waals surface area contributed by atoms with Gasteiger partial charge < -0.3 is 10.2 Å². The number of rotatable bonds is 3. The lowest BCUT2D eigenvalue weighted by molar-refractivity contribution is 0.0698. The number of carbonyl (C=O) groups excluding carboxylic acids is 1. The van der Waals surface area contributed by atoms with Crippen LogP contribution in [0.1, 0.15) is 46.9 Å². The summed E-state index contributed by atoms with van der Waals surface area (Å²) in [6.45, 7) is 9.99. The number of hydrogen-bond acceptors (Lipinski definition) is 4. The molecule has 1 N–H and O–H groups in total. The Kier molecular flexibility index (Phi) is 6.61. The van der Waals surface area contributed by atoms with Gasteiger partial charge in [-0.05, 0) is 74.9 Å². The molecule has 1 amide bonds. The summed E-state index contributed by atoms with van der Waals surface area (Å²) in [5, 5.41) is 4.37. The fourth-order valence-electron chi connectivity index (χ4n) is 3.81. The second kappa shape index (κ2) is 9.00. The highest BCUT2D eigenvalue weighted by molar-refractivity contribution is 6.07. The van der Waals surface area contributed by atoms with E-state index in [2.05, 4.69) is 48.2 Å². The summed E-state index contributed by atoms with van der Waals surface area (Å²) in [7, 11) is 0. The number of likely N-dealkylation sites (tertiary alicyclic amines) is 1. The third-order valence-corrected chi connectivity index (χ3v) is 5.95. The summed E-state index contributed by atoms with van der Waals surface area (Å²) in [5.74, 6) is 0.715. The minimum Gasteiger partial charge on any atom is -0.354 e. The summed E-state index contributed by atoms with van der Waals surface area (Å²) in [6.07, 6.45) is 3.78. The van der Waals surface area contributed by atoms with E-state index < -0.39 is 0 Å². The molecular weight excluding hydrogens is 396 g/mol. The zero-order chi connectivity index (χ0) is 20.5. The van der Waals surface area contributed by atoms with Gasteiger partial charge in [0, 0.05) is 36.1 Å². The van der Waals surface area contributed by atoms with Gasteiger partial charge in [-0.2, -0.15) is 0 Å². The first-order valence-corrected chi connectivity index (χ1v) is 10.3. The number of aromatic nitrogens is 2. The van der Waals surface area contributed by atoms with Crippen molar-refractivity contribution in [2.75, 3.05) is 18.4 Å². The lowest BCUT2D eigenvalue weighted by Gasteiger charge is -2.31. The van der Waals surface area contributed by atoms with Crippen molar-refractivity contribution in [2.45, 2.75) is 40.5 Å². The molecule has 0 bridgehead atoms. The minimum atomic E-state index is 0. The number of amides is 1. The topological polar surface area (TPSA) is 58.1 Å². The average molecular weight is 425 g/mol. The number of pyridine rings is 2. The van der Waals surface area contributed by atoms with Crippen molar-refractivity contribution >= 4 is 40.7 Å². The van der Waals surface area contributed by atoms with Crippen molar-refractivity contribution < 1.29 is 4.79 Å². The van der Waals surface area contributed by atoms with Gasteiger partial charge in [0.05, 0.1) is 11.3 Å². The predicted octanol–water partition coefficient (Wildman–Crippen LogP) is 5.59. The molecule has 0 spiro atoms. The molecule has 1 aromatic carbocycles. The summed E-state index contributed by atoms with van der Waals surface area (Å²) in [4.78, 5) is 24.4. The fourth-order valence-corrected chi connectivity index (χ4v) is 3.81. The van der Waals surface area contributed by atoms with Gasteiger partial charge in [0.25, 0.3) is 5.91 Å². The fraction of sp³-hybridized carbons (Fsp3) is 0.375. The summed E-state index contributed by atoms with van der Waals surface area (Å²) >= 11 is 0. The number of aryl methyl sites for hydroxylation is 3. The summed E-state index contributed by atoms with van der Waals surface area (Å²) in [5.41, 5.74) is 6.37. The second-order valence-corrected chi connectivity index (χ2v) is 8.27. The smallest absolute Gasteiger partial charge is 0.257 e. The molecule has 1 aliphatic heterocycles. The monoisotopic (exact) mass is 424 g/mol. The molecule has 0 unspecified atom stereocenters. The Morgan fingerprint density at radius 3 is 2.50 bits per heavy atom. The van der Waals surface area contributed by atoms with Gasteiger partial charge in [-0.3, -0.25) is 4.79 Å². The van der Waals surface area contributed by atoms with E-state index in [1.807, 2.05) is 30.0 Å². The van der Waals surface area contributed by atoms with E-state index in [0.717, 1.165) is 48.4 Å². The van der Waals surface area contributed by atoms with Gasteiger partial charge in [0.1, 0.15) is 0 Å². The molecule has 158 valence electrons. The molecule has 6 heteroatoms. The third kappa shape index (κ3) is 4.41. The lowest BCUT2D eigenvalue weighted by Crippen LogP contribution is -2.38. The van der Waals surface area contributed by atoms with Gasteiger partial charge in [-0.15, -0.1) is 12.4 Å². The van der Waals surface area contributed by atoms with E-state index in [-0.39, 0.29) is 18.3 Å². The maximum Gasteiger partial charge on any atom is 0.257 e. The first-order valence-electron chi connectivity index (χ1n) is 10.3. The Hall–Kier alpha value is -2.66. The Balaban J connectivity index is 0.00000256. The number of fused-ring (bicyclic) bond motifs is 1. The highest BCUT2D eigenvalue weighted by atomic mass is 35.5. The van der Waals surface area contributed by atoms with Gasteiger partial charge in [0.2, 0.25) is 0 Å². The van der Waals surface area contributed by atoms with Crippen LogP contribution in [0.3, 0.4) is 0 Å². The molecule has 1 fully saturated rings. The third-order valence-electron chi connectivity index (χ3n) is 5.95. The molecule has 1 saturated heterocycles. The Morgan fingerprint density at radius 1 is 1.07 bits per heavy atom. The number of piperidine rings is 1. The first-order chi connectivity index (χ1) is 13.9. The van der Waals surface area contributed by atoms with Gasteiger partial charge in [-0.25, -0.2) is 9.97 Å². The normalized spacial score (nSPS) is 14.5. The number of carbonyl (C=O) groups is 1. The van der Waals surface area contributed by atoms with Crippen molar-refractivity contribution in [1.82, 2.24) is 14.9 Å². The number of hydrogen-bond donors (Lipinski definition) is 1. The zero-order valence-electron chi connectivity index (χ0n) is 18.0.